The van der Waals surface area contributed by atoms with Gasteiger partial charge in [0.1, 0.15) is 0 Å². The highest BCUT2D eigenvalue weighted by atomic mass is 16.3. The van der Waals surface area contributed by atoms with E-state index in [0.29, 0.717) is 12.0 Å². The van der Waals surface area contributed by atoms with Gasteiger partial charge in [0.2, 0.25) is 0 Å². The molecular weight excluding hydrogens is 212 g/mol. The van der Waals surface area contributed by atoms with Crippen molar-refractivity contribution in [2.24, 2.45) is 17.6 Å². The molecule has 0 aromatic rings. The molecule has 0 spiro atoms. The van der Waals surface area contributed by atoms with E-state index in [-0.39, 0.29) is 18.7 Å². The second-order valence-electron chi connectivity index (χ2n) is 6.16. The molecule has 0 aromatic heterocycles. The van der Waals surface area contributed by atoms with E-state index in [1.54, 1.807) is 0 Å². The molecule has 2 aliphatic carbocycles. The van der Waals surface area contributed by atoms with Crippen LogP contribution in [0.15, 0.2) is 0 Å². The standard InChI is InChI=1S/C14H28N2O/c1-10-5-3-4-6-12(10)16(2)13(9-17)14(15)11-7-8-11/h10-14,17H,3-9,15H2,1-2H3. The first-order chi connectivity index (χ1) is 8.15. The highest BCUT2D eigenvalue weighted by Gasteiger charge is 2.38. The molecule has 17 heavy (non-hydrogen) atoms. The molecule has 0 aliphatic heterocycles. The summed E-state index contributed by atoms with van der Waals surface area (Å²) in [4.78, 5) is 2.38. The number of aliphatic hydroxyl groups is 1. The van der Waals surface area contributed by atoms with Crippen LogP contribution in [0.5, 0.6) is 0 Å². The van der Waals surface area contributed by atoms with E-state index < -0.39 is 0 Å². The van der Waals surface area contributed by atoms with Gasteiger partial charge in [-0.25, -0.2) is 0 Å². The highest BCUT2D eigenvalue weighted by molar-refractivity contribution is 4.95. The number of rotatable bonds is 5. The van der Waals surface area contributed by atoms with Crippen LogP contribution in [-0.2, 0) is 0 Å². The molecule has 0 amide bonds. The normalized spacial score (nSPS) is 33.7. The Kier molecular flexibility index (Phi) is 4.45. The summed E-state index contributed by atoms with van der Waals surface area (Å²) in [6.07, 6.45) is 7.80. The zero-order valence-corrected chi connectivity index (χ0v) is 11.3. The maximum atomic E-state index is 9.64. The molecule has 2 aliphatic rings. The summed E-state index contributed by atoms with van der Waals surface area (Å²) in [5.74, 6) is 1.41. The zero-order valence-electron chi connectivity index (χ0n) is 11.3. The van der Waals surface area contributed by atoms with Crippen molar-refractivity contribution in [3.05, 3.63) is 0 Å². The van der Waals surface area contributed by atoms with E-state index in [4.69, 9.17) is 5.73 Å². The summed E-state index contributed by atoms with van der Waals surface area (Å²) < 4.78 is 0. The van der Waals surface area contributed by atoms with Crippen LogP contribution in [0.2, 0.25) is 0 Å². The maximum absolute atomic E-state index is 9.64. The summed E-state index contributed by atoms with van der Waals surface area (Å²) in [7, 11) is 2.16. The maximum Gasteiger partial charge on any atom is 0.0602 e. The minimum Gasteiger partial charge on any atom is -0.395 e. The number of aliphatic hydroxyl groups excluding tert-OH is 1. The predicted octanol–water partition coefficient (Wildman–Crippen LogP) is 1.60. The van der Waals surface area contributed by atoms with Gasteiger partial charge in [0.05, 0.1) is 6.61 Å². The summed E-state index contributed by atoms with van der Waals surface area (Å²) >= 11 is 0. The van der Waals surface area contributed by atoms with Gasteiger partial charge in [0.25, 0.3) is 0 Å². The predicted molar refractivity (Wildman–Crippen MR) is 70.8 cm³/mol. The molecule has 3 N–H and O–H groups in total. The summed E-state index contributed by atoms with van der Waals surface area (Å²) in [5.41, 5.74) is 6.29. The van der Waals surface area contributed by atoms with E-state index in [0.717, 1.165) is 5.92 Å². The van der Waals surface area contributed by atoms with E-state index >= 15 is 0 Å². The quantitative estimate of drug-likeness (QED) is 0.767. The van der Waals surface area contributed by atoms with E-state index in [9.17, 15) is 5.11 Å². The van der Waals surface area contributed by atoms with Gasteiger partial charge < -0.3 is 10.8 Å². The Labute approximate surface area is 105 Å². The topological polar surface area (TPSA) is 49.5 Å². The van der Waals surface area contributed by atoms with Crippen LogP contribution >= 0.6 is 0 Å². The van der Waals surface area contributed by atoms with Gasteiger partial charge >= 0.3 is 0 Å². The SMILES string of the molecule is CC1CCCCC1N(C)C(CO)C(N)C1CC1. The number of nitrogens with two attached hydrogens (primary N) is 1. The molecule has 0 heterocycles. The van der Waals surface area contributed by atoms with Crippen molar-refractivity contribution in [2.45, 2.75) is 63.6 Å². The van der Waals surface area contributed by atoms with Crippen molar-refractivity contribution in [1.29, 1.82) is 0 Å². The Morgan fingerprint density at radius 2 is 1.88 bits per heavy atom. The average Bonchev–Trinajstić information content (AvgIpc) is 3.14. The van der Waals surface area contributed by atoms with Gasteiger partial charge in [-0.15, -0.1) is 0 Å². The molecule has 0 aromatic carbocycles. The number of hydrogen-bond donors (Lipinski definition) is 2. The average molecular weight is 240 g/mol. The van der Waals surface area contributed by atoms with Crippen LogP contribution in [-0.4, -0.2) is 41.8 Å². The summed E-state index contributed by atoms with van der Waals surface area (Å²) in [5, 5.41) is 9.64. The van der Waals surface area contributed by atoms with Gasteiger partial charge in [-0.05, 0) is 44.6 Å². The van der Waals surface area contributed by atoms with Crippen LogP contribution < -0.4 is 5.73 Å². The lowest BCUT2D eigenvalue weighted by atomic mass is 9.84. The lowest BCUT2D eigenvalue weighted by Crippen LogP contribution is -2.55. The fourth-order valence-corrected chi connectivity index (χ4v) is 3.46. The molecule has 3 heteroatoms. The molecule has 4 unspecified atom stereocenters. The van der Waals surface area contributed by atoms with Crippen molar-refractivity contribution >= 4 is 0 Å². The van der Waals surface area contributed by atoms with Crippen LogP contribution in [0.4, 0.5) is 0 Å². The molecule has 0 saturated heterocycles. The fourth-order valence-electron chi connectivity index (χ4n) is 3.46. The molecule has 3 nitrogen and oxygen atoms in total. The van der Waals surface area contributed by atoms with Crippen LogP contribution in [0, 0.1) is 11.8 Å². The van der Waals surface area contributed by atoms with Gasteiger partial charge in [0.15, 0.2) is 0 Å². The lowest BCUT2D eigenvalue weighted by Gasteiger charge is -2.42. The molecule has 100 valence electrons. The van der Waals surface area contributed by atoms with Crippen LogP contribution in [0.1, 0.15) is 45.4 Å². The van der Waals surface area contributed by atoms with E-state index in [2.05, 4.69) is 18.9 Å². The Bertz CT molecular complexity index is 242. The smallest absolute Gasteiger partial charge is 0.0602 e. The van der Waals surface area contributed by atoms with Crippen molar-refractivity contribution in [3.63, 3.8) is 0 Å². The van der Waals surface area contributed by atoms with Crippen LogP contribution in [0.3, 0.4) is 0 Å². The Hall–Kier alpha value is -0.120. The molecule has 2 fully saturated rings. The molecule has 2 saturated carbocycles. The second kappa shape index (κ2) is 5.68. The van der Waals surface area contributed by atoms with Gasteiger partial charge in [-0.3, -0.25) is 4.90 Å². The Morgan fingerprint density at radius 1 is 1.24 bits per heavy atom. The highest BCUT2D eigenvalue weighted by Crippen LogP contribution is 2.35. The van der Waals surface area contributed by atoms with Crippen LogP contribution in [0.25, 0.3) is 0 Å². The van der Waals surface area contributed by atoms with Gasteiger partial charge in [-0.2, -0.15) is 0 Å². The summed E-state index contributed by atoms with van der Waals surface area (Å²) in [6.45, 7) is 2.55. The Balaban J connectivity index is 1.96. The van der Waals surface area contributed by atoms with Gasteiger partial charge in [0, 0.05) is 18.1 Å². The number of likely N-dealkylation sites (N-methyl/N-ethyl adjacent to an activating group) is 1. The third-order valence-electron chi connectivity index (χ3n) is 4.91. The monoisotopic (exact) mass is 240 g/mol. The second-order valence-corrected chi connectivity index (χ2v) is 6.16. The first-order valence-electron chi connectivity index (χ1n) is 7.23. The zero-order chi connectivity index (χ0) is 12.4. The number of nitrogens with zero attached hydrogens (tertiary/aromatic N) is 1. The molecule has 2 rings (SSSR count). The largest absolute Gasteiger partial charge is 0.395 e. The molecule has 0 radical (unpaired) electrons. The van der Waals surface area contributed by atoms with Crippen molar-refractivity contribution in [2.75, 3.05) is 13.7 Å². The first kappa shape index (κ1) is 13.3. The lowest BCUT2D eigenvalue weighted by molar-refractivity contribution is 0.0465. The summed E-state index contributed by atoms with van der Waals surface area (Å²) in [6, 6.07) is 0.942. The van der Waals surface area contributed by atoms with Crippen molar-refractivity contribution in [1.82, 2.24) is 4.90 Å². The van der Waals surface area contributed by atoms with E-state index in [1.807, 2.05) is 0 Å². The number of hydrogen-bond acceptors (Lipinski definition) is 3. The molecular formula is C14H28N2O. The minimum atomic E-state index is 0.160. The first-order valence-corrected chi connectivity index (χ1v) is 7.23. The van der Waals surface area contributed by atoms with Crippen molar-refractivity contribution < 1.29 is 5.11 Å². The molecule has 0 bridgehead atoms. The minimum absolute atomic E-state index is 0.160. The third kappa shape index (κ3) is 3.01. The fraction of sp³-hybridized carbons (Fsp3) is 1.00. The van der Waals surface area contributed by atoms with Gasteiger partial charge in [-0.1, -0.05) is 19.8 Å². The van der Waals surface area contributed by atoms with E-state index in [1.165, 1.54) is 38.5 Å². The molecule has 4 atom stereocenters. The van der Waals surface area contributed by atoms with Crippen molar-refractivity contribution in [3.8, 4) is 0 Å². The Morgan fingerprint density at radius 3 is 2.41 bits per heavy atom. The third-order valence-corrected chi connectivity index (χ3v) is 4.91.